The lowest BCUT2D eigenvalue weighted by Gasteiger charge is -2.37. The van der Waals surface area contributed by atoms with Crippen molar-refractivity contribution in [2.24, 2.45) is 5.92 Å². The number of fused-ring (bicyclic) bond motifs is 1. The normalized spacial score (nSPS) is 20.2. The summed E-state index contributed by atoms with van der Waals surface area (Å²) in [6.07, 6.45) is 7.12. The van der Waals surface area contributed by atoms with E-state index in [1.54, 1.807) is 29.8 Å². The molecule has 2 unspecified atom stereocenters. The second kappa shape index (κ2) is 10.1. The standard InChI is InChI=1S/C24H28FN5O2S/c1-2-9-32-22(24-26-5-12-33-24)17-4-3-6-30(15-17)23-18-13-19(25)21(14-20(18)27-16-28-23)29-7-10-31-11-8-29/h2,5,12-14,16-17,22H,1,3-4,6-11,15H2. The third-order valence-corrected chi connectivity index (χ3v) is 7.15. The van der Waals surface area contributed by atoms with E-state index in [0.717, 1.165) is 47.7 Å². The van der Waals surface area contributed by atoms with Crippen LogP contribution in [-0.2, 0) is 9.47 Å². The molecule has 174 valence electrons. The third kappa shape index (κ3) is 4.71. The highest BCUT2D eigenvalue weighted by Gasteiger charge is 2.32. The van der Waals surface area contributed by atoms with Crippen molar-refractivity contribution in [1.29, 1.82) is 0 Å². The molecule has 0 spiro atoms. The fraction of sp³-hybridized carbons (Fsp3) is 0.458. The van der Waals surface area contributed by atoms with Gasteiger partial charge in [-0.1, -0.05) is 6.08 Å². The van der Waals surface area contributed by atoms with Crippen molar-refractivity contribution >= 4 is 33.7 Å². The summed E-state index contributed by atoms with van der Waals surface area (Å²) in [5, 5.41) is 3.70. The molecule has 2 aromatic heterocycles. The average Bonchev–Trinajstić information content (AvgIpc) is 3.39. The number of rotatable bonds is 7. The van der Waals surface area contributed by atoms with Gasteiger partial charge in [-0.2, -0.15) is 0 Å². The molecule has 0 bridgehead atoms. The summed E-state index contributed by atoms with van der Waals surface area (Å²) in [5.41, 5.74) is 1.33. The number of morpholine rings is 1. The first-order chi connectivity index (χ1) is 16.2. The summed E-state index contributed by atoms with van der Waals surface area (Å²) in [7, 11) is 0. The molecule has 9 heteroatoms. The summed E-state index contributed by atoms with van der Waals surface area (Å²) in [6, 6.07) is 3.43. The van der Waals surface area contributed by atoms with Crippen molar-refractivity contribution in [3.63, 3.8) is 0 Å². The van der Waals surface area contributed by atoms with Crippen LogP contribution in [0.3, 0.4) is 0 Å². The Morgan fingerprint density at radius 2 is 2.09 bits per heavy atom. The van der Waals surface area contributed by atoms with Crippen molar-refractivity contribution < 1.29 is 13.9 Å². The van der Waals surface area contributed by atoms with E-state index in [1.807, 2.05) is 22.5 Å². The minimum Gasteiger partial charge on any atom is -0.378 e. The number of hydrogen-bond donors (Lipinski definition) is 0. The first-order valence-electron chi connectivity index (χ1n) is 11.4. The Kier molecular flexibility index (Phi) is 6.80. The first kappa shape index (κ1) is 22.2. The molecule has 5 rings (SSSR count). The Bertz CT molecular complexity index is 1090. The fourth-order valence-electron chi connectivity index (χ4n) is 4.76. The van der Waals surface area contributed by atoms with Crippen molar-refractivity contribution in [1.82, 2.24) is 15.0 Å². The molecule has 2 aliphatic heterocycles. The molecular formula is C24H28FN5O2S. The molecule has 2 atom stereocenters. The van der Waals surface area contributed by atoms with Gasteiger partial charge in [0, 0.05) is 49.1 Å². The third-order valence-electron chi connectivity index (χ3n) is 6.31. The Morgan fingerprint density at radius 3 is 2.88 bits per heavy atom. The number of ether oxygens (including phenoxy) is 2. The Hall–Kier alpha value is -2.62. The highest BCUT2D eigenvalue weighted by Crippen LogP contribution is 2.37. The quantitative estimate of drug-likeness (QED) is 0.480. The maximum absolute atomic E-state index is 15.2. The number of aromatic nitrogens is 3. The summed E-state index contributed by atoms with van der Waals surface area (Å²) in [5.74, 6) is 0.787. The van der Waals surface area contributed by atoms with E-state index in [4.69, 9.17) is 9.47 Å². The number of thiazole rings is 1. The van der Waals surface area contributed by atoms with Crippen LogP contribution in [0, 0.1) is 11.7 Å². The average molecular weight is 470 g/mol. The number of nitrogens with zero attached hydrogens (tertiary/aromatic N) is 5. The van der Waals surface area contributed by atoms with Crippen molar-refractivity contribution in [2.75, 3.05) is 55.8 Å². The van der Waals surface area contributed by atoms with Gasteiger partial charge in [0.1, 0.15) is 29.1 Å². The fourth-order valence-corrected chi connectivity index (χ4v) is 5.53. The Labute approximate surface area is 196 Å². The SMILES string of the molecule is C=CCOC(c1nccs1)C1CCCN(c2ncnc3cc(N4CCOCC4)c(F)cc23)C1. The maximum atomic E-state index is 15.2. The van der Waals surface area contributed by atoms with Crippen LogP contribution in [0.25, 0.3) is 10.9 Å². The molecule has 0 aliphatic carbocycles. The topological polar surface area (TPSA) is 63.6 Å². The van der Waals surface area contributed by atoms with Crippen LogP contribution in [0.4, 0.5) is 15.9 Å². The minimum atomic E-state index is -0.246. The zero-order valence-electron chi connectivity index (χ0n) is 18.5. The molecule has 2 saturated heterocycles. The second-order valence-corrected chi connectivity index (χ2v) is 9.30. The summed E-state index contributed by atoms with van der Waals surface area (Å²) < 4.78 is 26.7. The van der Waals surface area contributed by atoms with Gasteiger partial charge in [-0.3, -0.25) is 0 Å². The van der Waals surface area contributed by atoms with Gasteiger partial charge in [0.25, 0.3) is 0 Å². The first-order valence-corrected chi connectivity index (χ1v) is 12.3. The van der Waals surface area contributed by atoms with Gasteiger partial charge in [-0.15, -0.1) is 17.9 Å². The molecule has 4 heterocycles. The van der Waals surface area contributed by atoms with Gasteiger partial charge < -0.3 is 19.3 Å². The predicted molar refractivity (Wildman–Crippen MR) is 128 cm³/mol. The van der Waals surface area contributed by atoms with Gasteiger partial charge in [-0.25, -0.2) is 19.3 Å². The minimum absolute atomic E-state index is 0.0939. The van der Waals surface area contributed by atoms with Crippen molar-refractivity contribution in [3.8, 4) is 0 Å². The predicted octanol–water partition coefficient (Wildman–Crippen LogP) is 4.22. The van der Waals surface area contributed by atoms with E-state index in [9.17, 15) is 0 Å². The number of hydrogen-bond acceptors (Lipinski definition) is 8. The van der Waals surface area contributed by atoms with Crippen LogP contribution in [0.2, 0.25) is 0 Å². The van der Waals surface area contributed by atoms with Crippen LogP contribution < -0.4 is 9.80 Å². The summed E-state index contributed by atoms with van der Waals surface area (Å²) in [4.78, 5) is 17.8. The molecule has 0 radical (unpaired) electrons. The number of anilines is 2. The monoisotopic (exact) mass is 469 g/mol. The van der Waals surface area contributed by atoms with E-state index < -0.39 is 0 Å². The molecule has 2 aliphatic rings. The molecule has 33 heavy (non-hydrogen) atoms. The maximum Gasteiger partial charge on any atom is 0.147 e. The molecule has 0 amide bonds. The van der Waals surface area contributed by atoms with E-state index >= 15 is 4.39 Å². The van der Waals surface area contributed by atoms with Crippen LogP contribution in [0.1, 0.15) is 24.0 Å². The zero-order valence-corrected chi connectivity index (χ0v) is 19.3. The Balaban J connectivity index is 1.43. The van der Waals surface area contributed by atoms with Crippen LogP contribution in [0.15, 0.2) is 42.7 Å². The van der Waals surface area contributed by atoms with Gasteiger partial charge >= 0.3 is 0 Å². The smallest absolute Gasteiger partial charge is 0.147 e. The van der Waals surface area contributed by atoms with Crippen LogP contribution in [0.5, 0.6) is 0 Å². The molecule has 1 aromatic carbocycles. The van der Waals surface area contributed by atoms with Gasteiger partial charge in [0.05, 0.1) is 31.0 Å². The largest absolute Gasteiger partial charge is 0.378 e. The molecule has 3 aromatic rings. The molecule has 0 saturated carbocycles. The highest BCUT2D eigenvalue weighted by atomic mass is 32.1. The number of piperidine rings is 1. The lowest BCUT2D eigenvalue weighted by atomic mass is 9.92. The summed E-state index contributed by atoms with van der Waals surface area (Å²) in [6.45, 7) is 8.46. The van der Waals surface area contributed by atoms with Gasteiger partial charge in [0.2, 0.25) is 0 Å². The van der Waals surface area contributed by atoms with Crippen LogP contribution >= 0.6 is 11.3 Å². The molecule has 0 N–H and O–H groups in total. The lowest BCUT2D eigenvalue weighted by molar-refractivity contribution is 0.0223. The Morgan fingerprint density at radius 1 is 1.21 bits per heavy atom. The lowest BCUT2D eigenvalue weighted by Crippen LogP contribution is -2.39. The van der Waals surface area contributed by atoms with Crippen molar-refractivity contribution in [3.05, 3.63) is 53.5 Å². The van der Waals surface area contributed by atoms with Gasteiger partial charge in [0.15, 0.2) is 0 Å². The van der Waals surface area contributed by atoms with E-state index in [0.29, 0.717) is 38.6 Å². The molecule has 7 nitrogen and oxygen atoms in total. The van der Waals surface area contributed by atoms with Gasteiger partial charge in [-0.05, 0) is 25.0 Å². The van der Waals surface area contributed by atoms with Crippen LogP contribution in [-0.4, -0.2) is 61.0 Å². The van der Waals surface area contributed by atoms with Crippen molar-refractivity contribution in [2.45, 2.75) is 18.9 Å². The second-order valence-electron chi connectivity index (χ2n) is 8.38. The number of halogens is 1. The molecular weight excluding hydrogens is 441 g/mol. The highest BCUT2D eigenvalue weighted by molar-refractivity contribution is 7.09. The molecule has 2 fully saturated rings. The number of benzene rings is 1. The van der Waals surface area contributed by atoms with E-state index in [2.05, 4.69) is 26.4 Å². The van der Waals surface area contributed by atoms with E-state index in [1.165, 1.54) is 0 Å². The zero-order chi connectivity index (χ0) is 22.6. The van der Waals surface area contributed by atoms with E-state index in [-0.39, 0.29) is 17.8 Å². The summed E-state index contributed by atoms with van der Waals surface area (Å²) >= 11 is 1.61.